The number of aromatic nitrogens is 2. The number of esters is 2. The van der Waals surface area contributed by atoms with Gasteiger partial charge in [-0.15, -0.1) is 0 Å². The first-order valence-electron chi connectivity index (χ1n) is 14.1. The Morgan fingerprint density at radius 1 is 0.810 bits per heavy atom. The number of carbonyl (C=O) groups excluding carboxylic acids is 3. The summed E-state index contributed by atoms with van der Waals surface area (Å²) in [6, 6.07) is 23.2. The summed E-state index contributed by atoms with van der Waals surface area (Å²) < 4.78 is 5.09. The topological polar surface area (TPSA) is 92.7 Å². The van der Waals surface area contributed by atoms with Gasteiger partial charge >= 0.3 is 11.9 Å². The Balaban J connectivity index is 1.17. The number of hydrogen-bond acceptors (Lipinski definition) is 8. The van der Waals surface area contributed by atoms with Crippen molar-refractivity contribution in [2.75, 3.05) is 31.1 Å². The Morgan fingerprint density at radius 2 is 1.52 bits per heavy atom. The van der Waals surface area contributed by atoms with E-state index < -0.39 is 11.9 Å². The summed E-state index contributed by atoms with van der Waals surface area (Å²) in [5.41, 5.74) is 7.96. The van der Waals surface area contributed by atoms with E-state index in [0.29, 0.717) is 17.0 Å². The van der Waals surface area contributed by atoms with Crippen molar-refractivity contribution in [2.45, 2.75) is 33.7 Å². The number of rotatable bonds is 8. The van der Waals surface area contributed by atoms with Crippen LogP contribution in [0.2, 0.25) is 0 Å². The zero-order chi connectivity index (χ0) is 29.6. The van der Waals surface area contributed by atoms with Crippen molar-refractivity contribution in [3.63, 3.8) is 0 Å². The average Bonchev–Trinajstić information content (AvgIpc) is 3.00. The monoisotopic (exact) mass is 562 g/mol. The van der Waals surface area contributed by atoms with Crippen LogP contribution in [-0.2, 0) is 22.5 Å². The van der Waals surface area contributed by atoms with Crippen molar-refractivity contribution in [1.29, 1.82) is 0 Å². The second-order valence-corrected chi connectivity index (χ2v) is 10.6. The van der Waals surface area contributed by atoms with Gasteiger partial charge in [0.25, 0.3) is 0 Å². The first-order chi connectivity index (χ1) is 20.3. The van der Waals surface area contributed by atoms with Crippen molar-refractivity contribution in [2.24, 2.45) is 0 Å². The van der Waals surface area contributed by atoms with Gasteiger partial charge in [0.2, 0.25) is 0 Å². The lowest BCUT2D eigenvalue weighted by atomic mass is 10.0. The minimum Gasteiger partial charge on any atom is -0.389 e. The minimum absolute atomic E-state index is 0.113. The molecule has 0 spiro atoms. The van der Waals surface area contributed by atoms with Gasteiger partial charge in [0, 0.05) is 44.0 Å². The van der Waals surface area contributed by atoms with Crippen LogP contribution in [0.3, 0.4) is 0 Å². The number of piperazine rings is 1. The molecule has 42 heavy (non-hydrogen) atoms. The van der Waals surface area contributed by atoms with E-state index in [4.69, 9.17) is 4.74 Å². The lowest BCUT2D eigenvalue weighted by molar-refractivity contribution is -0.137. The van der Waals surface area contributed by atoms with Crippen molar-refractivity contribution >= 4 is 23.9 Å². The molecule has 8 nitrogen and oxygen atoms in total. The van der Waals surface area contributed by atoms with Gasteiger partial charge in [-0.1, -0.05) is 42.5 Å². The highest BCUT2D eigenvalue weighted by Gasteiger charge is 2.20. The van der Waals surface area contributed by atoms with E-state index in [1.54, 1.807) is 19.1 Å². The summed E-state index contributed by atoms with van der Waals surface area (Å²) in [6.45, 7) is 9.85. The van der Waals surface area contributed by atoms with Crippen molar-refractivity contribution in [3.8, 4) is 11.1 Å². The van der Waals surface area contributed by atoms with Gasteiger partial charge < -0.3 is 9.64 Å². The van der Waals surface area contributed by atoms with E-state index in [1.807, 2.05) is 62.4 Å². The molecule has 3 aromatic carbocycles. The van der Waals surface area contributed by atoms with Gasteiger partial charge in [-0.3, -0.25) is 24.5 Å². The number of benzene rings is 3. The van der Waals surface area contributed by atoms with Gasteiger partial charge in [-0.25, -0.2) is 4.79 Å². The number of aryl methyl sites for hydroxylation is 3. The molecule has 1 fully saturated rings. The van der Waals surface area contributed by atoms with E-state index in [0.717, 1.165) is 72.8 Å². The van der Waals surface area contributed by atoms with Gasteiger partial charge in [-0.05, 0) is 67.8 Å². The minimum atomic E-state index is -0.690. The molecule has 0 amide bonds. The molecule has 5 rings (SSSR count). The molecule has 0 radical (unpaired) electrons. The molecule has 0 aliphatic carbocycles. The Morgan fingerprint density at radius 3 is 2.26 bits per heavy atom. The molecule has 1 aliphatic heterocycles. The highest BCUT2D eigenvalue weighted by Crippen LogP contribution is 2.24. The van der Waals surface area contributed by atoms with Gasteiger partial charge in [-0.2, -0.15) is 0 Å². The highest BCUT2D eigenvalue weighted by molar-refractivity contribution is 5.97. The Labute approximate surface area is 246 Å². The molecule has 0 atom stereocenters. The normalized spacial score (nSPS) is 13.5. The molecule has 0 saturated carbocycles. The third kappa shape index (κ3) is 6.78. The maximum absolute atomic E-state index is 12.6. The number of para-hydroxylation sites is 1. The first-order valence-corrected chi connectivity index (χ1v) is 14.1. The molecular weight excluding hydrogens is 528 g/mol. The molecule has 214 valence electrons. The maximum atomic E-state index is 12.6. The lowest BCUT2D eigenvalue weighted by Crippen LogP contribution is -2.46. The third-order valence-corrected chi connectivity index (χ3v) is 7.66. The van der Waals surface area contributed by atoms with Crippen LogP contribution in [0.4, 0.5) is 5.69 Å². The molecule has 0 N–H and O–H groups in total. The van der Waals surface area contributed by atoms with Crippen LogP contribution in [0, 0.1) is 20.8 Å². The summed E-state index contributed by atoms with van der Waals surface area (Å²) in [7, 11) is 0. The molecular formula is C34H34N4O4. The third-order valence-electron chi connectivity index (χ3n) is 7.66. The predicted molar refractivity (Wildman–Crippen MR) is 162 cm³/mol. The van der Waals surface area contributed by atoms with Gasteiger partial charge in [0.05, 0.1) is 34.8 Å². The fourth-order valence-electron chi connectivity index (χ4n) is 5.19. The molecule has 8 heteroatoms. The van der Waals surface area contributed by atoms with E-state index in [2.05, 4.69) is 31.9 Å². The second-order valence-electron chi connectivity index (χ2n) is 10.6. The molecule has 1 saturated heterocycles. The molecule has 4 aromatic rings. The van der Waals surface area contributed by atoms with Crippen LogP contribution in [0.1, 0.15) is 49.1 Å². The standard InChI is InChI=1S/C34H34N4O4/c1-23-24(2)36-31(25(3)35-23)20-33(40)42-34(41)28-13-11-27(12-14-28)29-9-6-7-26(19-29)21-37-15-17-38(18-16-37)32-10-5-4-8-30(32)22-39/h4-14,19,22H,15-18,20-21H2,1-3H3. The fraction of sp³-hybridized carbons (Fsp3) is 0.265. The van der Waals surface area contributed by atoms with Gasteiger partial charge in [0.1, 0.15) is 0 Å². The number of carbonyl (C=O) groups is 3. The van der Waals surface area contributed by atoms with E-state index in [-0.39, 0.29) is 6.42 Å². The largest absolute Gasteiger partial charge is 0.389 e. The van der Waals surface area contributed by atoms with Crippen molar-refractivity contribution in [1.82, 2.24) is 14.9 Å². The maximum Gasteiger partial charge on any atom is 0.345 e. The lowest BCUT2D eigenvalue weighted by Gasteiger charge is -2.36. The van der Waals surface area contributed by atoms with Crippen LogP contribution < -0.4 is 4.90 Å². The average molecular weight is 563 g/mol. The molecule has 1 aromatic heterocycles. The van der Waals surface area contributed by atoms with E-state index >= 15 is 0 Å². The number of ether oxygens (including phenoxy) is 1. The molecule has 2 heterocycles. The van der Waals surface area contributed by atoms with Crippen LogP contribution in [0.5, 0.6) is 0 Å². The fourth-order valence-corrected chi connectivity index (χ4v) is 5.19. The number of nitrogens with zero attached hydrogens (tertiary/aromatic N) is 4. The highest BCUT2D eigenvalue weighted by atomic mass is 16.6. The quantitative estimate of drug-likeness (QED) is 0.166. The first kappa shape index (κ1) is 28.8. The molecule has 1 aliphatic rings. The van der Waals surface area contributed by atoms with Crippen LogP contribution >= 0.6 is 0 Å². The van der Waals surface area contributed by atoms with E-state index in [9.17, 15) is 14.4 Å². The molecule has 0 bridgehead atoms. The number of hydrogen-bond donors (Lipinski definition) is 0. The van der Waals surface area contributed by atoms with Crippen LogP contribution in [-0.4, -0.2) is 59.3 Å². The number of anilines is 1. The summed E-state index contributed by atoms with van der Waals surface area (Å²) in [6.07, 6.45) is 0.809. The van der Waals surface area contributed by atoms with Gasteiger partial charge in [0.15, 0.2) is 6.29 Å². The zero-order valence-corrected chi connectivity index (χ0v) is 24.2. The SMILES string of the molecule is Cc1nc(C)c(CC(=O)OC(=O)c2ccc(-c3cccc(CN4CCN(c5ccccc5C=O)CC4)c3)cc2)nc1C. The number of aldehydes is 1. The summed E-state index contributed by atoms with van der Waals surface area (Å²) in [5, 5.41) is 0. The van der Waals surface area contributed by atoms with Crippen LogP contribution in [0.25, 0.3) is 11.1 Å². The Bertz CT molecular complexity index is 1610. The molecule has 0 unspecified atom stereocenters. The predicted octanol–water partition coefficient (Wildman–Crippen LogP) is 5.13. The summed E-state index contributed by atoms with van der Waals surface area (Å²) in [4.78, 5) is 50.0. The second kappa shape index (κ2) is 12.9. The zero-order valence-electron chi connectivity index (χ0n) is 24.2. The Hall–Kier alpha value is -4.69. The summed E-state index contributed by atoms with van der Waals surface area (Å²) in [5.74, 6) is -1.35. The Kier molecular flexibility index (Phi) is 8.83. The van der Waals surface area contributed by atoms with Crippen molar-refractivity contribution in [3.05, 3.63) is 112 Å². The van der Waals surface area contributed by atoms with Crippen LogP contribution in [0.15, 0.2) is 72.8 Å². The smallest absolute Gasteiger partial charge is 0.345 e. The van der Waals surface area contributed by atoms with Crippen molar-refractivity contribution < 1.29 is 19.1 Å². The summed E-state index contributed by atoms with van der Waals surface area (Å²) >= 11 is 0. The van der Waals surface area contributed by atoms with E-state index in [1.165, 1.54) is 5.56 Å².